The minimum absolute atomic E-state index is 0.0889. The van der Waals surface area contributed by atoms with Gasteiger partial charge >= 0.3 is 6.09 Å². The lowest BCUT2D eigenvalue weighted by Crippen LogP contribution is -2.47. The van der Waals surface area contributed by atoms with E-state index in [-0.39, 0.29) is 29.5 Å². The molecule has 1 fully saturated rings. The molecule has 0 aromatic carbocycles. The van der Waals surface area contributed by atoms with Crippen molar-refractivity contribution in [3.63, 3.8) is 0 Å². The number of carbonyl (C=O) groups excluding carboxylic acids is 2. The average Bonchev–Trinajstić information content (AvgIpc) is 2.27. The van der Waals surface area contributed by atoms with Crippen molar-refractivity contribution in [3.05, 3.63) is 0 Å². The van der Waals surface area contributed by atoms with Crippen molar-refractivity contribution in [2.45, 2.75) is 84.9 Å². The fraction of sp³-hybridized carbons (Fsp3) is 0.875. The highest BCUT2D eigenvalue weighted by Gasteiger charge is 2.28. The molecule has 0 atom stereocenters. The van der Waals surface area contributed by atoms with Crippen LogP contribution in [0.25, 0.3) is 0 Å². The predicted octanol–water partition coefficient (Wildman–Crippen LogP) is 2.98. The van der Waals surface area contributed by atoms with Crippen molar-refractivity contribution in [2.24, 2.45) is 5.41 Å². The third-order valence-corrected chi connectivity index (χ3v) is 3.46. The molecule has 5 nitrogen and oxygen atoms in total. The lowest BCUT2D eigenvalue weighted by Gasteiger charge is -2.32. The maximum absolute atomic E-state index is 11.9. The Morgan fingerprint density at radius 2 is 1.29 bits per heavy atom. The highest BCUT2D eigenvalue weighted by molar-refractivity contribution is 5.81. The summed E-state index contributed by atoms with van der Waals surface area (Å²) in [5.74, 6) is 0.0889. The molecule has 0 aromatic heterocycles. The van der Waals surface area contributed by atoms with Crippen LogP contribution in [0.3, 0.4) is 0 Å². The zero-order chi connectivity index (χ0) is 16.3. The van der Waals surface area contributed by atoms with Gasteiger partial charge in [-0.1, -0.05) is 20.8 Å². The van der Waals surface area contributed by atoms with Crippen LogP contribution in [-0.4, -0.2) is 29.7 Å². The van der Waals surface area contributed by atoms with Gasteiger partial charge in [0.05, 0.1) is 0 Å². The van der Waals surface area contributed by atoms with Gasteiger partial charge in [-0.25, -0.2) is 4.79 Å². The summed E-state index contributed by atoms with van der Waals surface area (Å²) in [6.45, 7) is 11.3. The Hall–Kier alpha value is -1.26. The second-order valence-corrected chi connectivity index (χ2v) is 7.92. The number of amides is 2. The van der Waals surface area contributed by atoms with Crippen molar-refractivity contribution in [1.29, 1.82) is 0 Å². The minimum atomic E-state index is -0.470. The Morgan fingerprint density at radius 3 is 1.67 bits per heavy atom. The summed E-state index contributed by atoms with van der Waals surface area (Å²) >= 11 is 0. The highest BCUT2D eigenvalue weighted by atomic mass is 16.6. The largest absolute Gasteiger partial charge is 0.444 e. The Morgan fingerprint density at radius 1 is 0.857 bits per heavy atom. The first-order valence-electron chi connectivity index (χ1n) is 7.78. The van der Waals surface area contributed by atoms with Gasteiger partial charge in [0.2, 0.25) is 5.91 Å². The van der Waals surface area contributed by atoms with Gasteiger partial charge in [-0.3, -0.25) is 4.79 Å². The van der Waals surface area contributed by atoms with Crippen LogP contribution in [0.1, 0.15) is 67.2 Å². The molecular weight excluding hydrogens is 268 g/mol. The molecule has 1 aliphatic rings. The monoisotopic (exact) mass is 298 g/mol. The third-order valence-electron chi connectivity index (χ3n) is 3.46. The van der Waals surface area contributed by atoms with Crippen LogP contribution >= 0.6 is 0 Å². The predicted molar refractivity (Wildman–Crippen MR) is 83.0 cm³/mol. The third kappa shape index (κ3) is 6.82. The van der Waals surface area contributed by atoms with E-state index in [0.717, 1.165) is 25.7 Å². The molecule has 0 bridgehead atoms. The fourth-order valence-corrected chi connectivity index (χ4v) is 2.26. The number of carbonyl (C=O) groups is 2. The molecule has 0 unspecified atom stereocenters. The summed E-state index contributed by atoms with van der Waals surface area (Å²) in [6.07, 6.45) is 3.16. The van der Waals surface area contributed by atoms with E-state index < -0.39 is 5.60 Å². The molecule has 0 aliphatic heterocycles. The zero-order valence-corrected chi connectivity index (χ0v) is 14.2. The quantitative estimate of drug-likeness (QED) is 0.823. The number of hydrogen-bond donors (Lipinski definition) is 2. The number of nitrogens with one attached hydrogen (secondary N) is 2. The summed E-state index contributed by atoms with van der Waals surface area (Å²) in [6, 6.07) is 0.357. The molecule has 0 radical (unpaired) electrons. The first-order valence-corrected chi connectivity index (χ1v) is 7.78. The van der Waals surface area contributed by atoms with Gasteiger partial charge in [-0.2, -0.15) is 0 Å². The number of rotatable bonds is 2. The standard InChI is InChI=1S/C16H30N2O3/c1-15(2,3)13(19)17-11-7-9-12(10-8-11)18-14(20)21-16(4,5)6/h11-12H,7-10H2,1-6H3,(H,17,19)(H,18,20). The van der Waals surface area contributed by atoms with Crippen LogP contribution < -0.4 is 10.6 Å². The first kappa shape index (κ1) is 17.8. The Labute approximate surface area is 128 Å². The lowest BCUT2D eigenvalue weighted by molar-refractivity contribution is -0.129. The van der Waals surface area contributed by atoms with E-state index in [0.29, 0.717) is 0 Å². The summed E-state index contributed by atoms with van der Waals surface area (Å²) in [5, 5.41) is 5.99. The van der Waals surface area contributed by atoms with Crippen LogP contribution in [0.4, 0.5) is 4.79 Å². The lowest BCUT2D eigenvalue weighted by atomic mass is 9.89. The van der Waals surface area contributed by atoms with Gasteiger partial charge in [0.25, 0.3) is 0 Å². The zero-order valence-electron chi connectivity index (χ0n) is 14.2. The van der Waals surface area contributed by atoms with E-state index in [9.17, 15) is 9.59 Å². The SMILES string of the molecule is CC(C)(C)OC(=O)NC1CCC(NC(=O)C(C)(C)C)CC1. The molecule has 0 aromatic rings. The van der Waals surface area contributed by atoms with Crippen LogP contribution in [0.2, 0.25) is 0 Å². The molecule has 2 N–H and O–H groups in total. The molecule has 0 saturated heterocycles. The number of hydrogen-bond acceptors (Lipinski definition) is 3. The molecule has 1 aliphatic carbocycles. The molecule has 5 heteroatoms. The summed E-state index contributed by atoms with van der Waals surface area (Å²) < 4.78 is 5.26. The first-order chi connectivity index (χ1) is 9.47. The van der Waals surface area contributed by atoms with Crippen LogP contribution in [0, 0.1) is 5.41 Å². The van der Waals surface area contributed by atoms with E-state index in [2.05, 4.69) is 10.6 Å². The van der Waals surface area contributed by atoms with E-state index >= 15 is 0 Å². The maximum atomic E-state index is 11.9. The Kier molecular flexibility index (Phi) is 5.65. The summed E-state index contributed by atoms with van der Waals surface area (Å²) in [7, 11) is 0. The number of ether oxygens (including phenoxy) is 1. The van der Waals surface area contributed by atoms with E-state index in [4.69, 9.17) is 4.74 Å². The van der Waals surface area contributed by atoms with E-state index in [1.54, 1.807) is 0 Å². The van der Waals surface area contributed by atoms with Crippen LogP contribution in [0.15, 0.2) is 0 Å². The van der Waals surface area contributed by atoms with Crippen LogP contribution in [0.5, 0.6) is 0 Å². The summed E-state index contributed by atoms with van der Waals surface area (Å²) in [5.41, 5.74) is -0.826. The van der Waals surface area contributed by atoms with Gasteiger partial charge in [0.1, 0.15) is 5.60 Å². The normalized spacial score (nSPS) is 23.3. The van der Waals surface area contributed by atoms with Gasteiger partial charge in [0.15, 0.2) is 0 Å². The molecule has 0 heterocycles. The van der Waals surface area contributed by atoms with Crippen molar-refractivity contribution in [3.8, 4) is 0 Å². The summed E-state index contributed by atoms with van der Waals surface area (Å²) in [4.78, 5) is 23.7. The molecule has 0 spiro atoms. The van der Waals surface area contributed by atoms with Crippen LogP contribution in [-0.2, 0) is 9.53 Å². The average molecular weight is 298 g/mol. The highest BCUT2D eigenvalue weighted by Crippen LogP contribution is 2.21. The molecule has 2 amide bonds. The topological polar surface area (TPSA) is 67.4 Å². The van der Waals surface area contributed by atoms with E-state index in [1.165, 1.54) is 0 Å². The molecule has 1 saturated carbocycles. The van der Waals surface area contributed by atoms with Crippen molar-refractivity contribution < 1.29 is 14.3 Å². The second-order valence-electron chi connectivity index (χ2n) is 7.92. The number of alkyl carbamates (subject to hydrolysis) is 1. The van der Waals surface area contributed by atoms with Gasteiger partial charge in [-0.15, -0.1) is 0 Å². The smallest absolute Gasteiger partial charge is 0.407 e. The second kappa shape index (κ2) is 6.67. The molecular formula is C16H30N2O3. The minimum Gasteiger partial charge on any atom is -0.444 e. The van der Waals surface area contributed by atoms with E-state index in [1.807, 2.05) is 41.5 Å². The maximum Gasteiger partial charge on any atom is 0.407 e. The van der Waals surface area contributed by atoms with Gasteiger partial charge in [-0.05, 0) is 46.5 Å². The molecule has 21 heavy (non-hydrogen) atoms. The Balaban J connectivity index is 2.33. The molecule has 1 rings (SSSR count). The van der Waals surface area contributed by atoms with Crippen molar-refractivity contribution in [1.82, 2.24) is 10.6 Å². The van der Waals surface area contributed by atoms with Gasteiger partial charge in [0, 0.05) is 17.5 Å². The van der Waals surface area contributed by atoms with Crippen molar-refractivity contribution in [2.75, 3.05) is 0 Å². The van der Waals surface area contributed by atoms with Crippen molar-refractivity contribution >= 4 is 12.0 Å². The fourth-order valence-electron chi connectivity index (χ4n) is 2.26. The van der Waals surface area contributed by atoms with Gasteiger partial charge < -0.3 is 15.4 Å². The molecule has 122 valence electrons. The Bertz CT molecular complexity index is 372.